The third kappa shape index (κ3) is 3.66. The molecule has 2 heterocycles. The number of nitrogens with one attached hydrogen (secondary N) is 1. The number of aromatic nitrogens is 1. The van der Waals surface area contributed by atoms with Gasteiger partial charge in [-0.15, -0.1) is 0 Å². The second kappa shape index (κ2) is 8.00. The van der Waals surface area contributed by atoms with Crippen molar-refractivity contribution in [3.63, 3.8) is 0 Å². The van der Waals surface area contributed by atoms with Crippen molar-refractivity contribution in [3.8, 4) is 0 Å². The SMILES string of the molecule is CC1(C(=O)Nc2ccc(C(=O)N3Cc4cccn4Cc4ccccc43)cc2)C=CC=CC1. The molecule has 32 heavy (non-hydrogen) atoms. The van der Waals surface area contributed by atoms with Gasteiger partial charge in [0.1, 0.15) is 0 Å². The number of para-hydroxylation sites is 1. The maximum Gasteiger partial charge on any atom is 0.258 e. The quantitative estimate of drug-likeness (QED) is 0.633. The van der Waals surface area contributed by atoms with Gasteiger partial charge < -0.3 is 14.8 Å². The van der Waals surface area contributed by atoms with Crippen LogP contribution in [0.2, 0.25) is 0 Å². The molecule has 3 aromatic rings. The Morgan fingerprint density at radius 1 is 0.938 bits per heavy atom. The van der Waals surface area contributed by atoms with Crippen molar-refractivity contribution < 1.29 is 9.59 Å². The van der Waals surface area contributed by atoms with Gasteiger partial charge >= 0.3 is 0 Å². The monoisotopic (exact) mass is 423 g/mol. The summed E-state index contributed by atoms with van der Waals surface area (Å²) in [5.41, 5.74) is 3.85. The van der Waals surface area contributed by atoms with Gasteiger partial charge in [0.15, 0.2) is 0 Å². The Bertz CT molecular complexity index is 1240. The van der Waals surface area contributed by atoms with Gasteiger partial charge in [-0.3, -0.25) is 9.59 Å². The summed E-state index contributed by atoms with van der Waals surface area (Å²) < 4.78 is 2.18. The Morgan fingerprint density at radius 3 is 2.53 bits per heavy atom. The van der Waals surface area contributed by atoms with Crippen LogP contribution in [0.5, 0.6) is 0 Å². The number of benzene rings is 2. The molecule has 0 spiro atoms. The molecule has 1 N–H and O–H groups in total. The standard InChI is InChI=1S/C27H25N3O2/c1-27(15-5-2-6-16-27)26(32)28-22-13-11-20(12-14-22)25(31)30-19-23-9-7-17-29(23)18-21-8-3-4-10-24(21)30/h2-15,17H,16,18-19H2,1H3,(H,28,32). The van der Waals surface area contributed by atoms with Crippen molar-refractivity contribution in [2.24, 2.45) is 5.41 Å². The minimum Gasteiger partial charge on any atom is -0.345 e. The highest BCUT2D eigenvalue weighted by molar-refractivity contribution is 6.07. The zero-order valence-electron chi connectivity index (χ0n) is 18.0. The predicted octanol–water partition coefficient (Wildman–Crippen LogP) is 5.16. The first-order chi connectivity index (χ1) is 15.5. The van der Waals surface area contributed by atoms with Crippen molar-refractivity contribution in [3.05, 3.63) is 108 Å². The van der Waals surface area contributed by atoms with E-state index in [1.807, 2.05) is 60.4 Å². The van der Waals surface area contributed by atoms with E-state index in [0.29, 0.717) is 24.2 Å². The summed E-state index contributed by atoms with van der Waals surface area (Å²) >= 11 is 0. The second-order valence-corrected chi connectivity index (χ2v) is 8.59. The number of nitrogens with zero attached hydrogens (tertiary/aromatic N) is 2. The third-order valence-electron chi connectivity index (χ3n) is 6.27. The number of carbonyl (C=O) groups is 2. The maximum atomic E-state index is 13.5. The number of rotatable bonds is 3. The van der Waals surface area contributed by atoms with Gasteiger partial charge in [0.2, 0.25) is 5.91 Å². The molecule has 5 rings (SSSR count). The molecule has 1 atom stereocenters. The lowest BCUT2D eigenvalue weighted by Crippen LogP contribution is -2.32. The Balaban J connectivity index is 1.37. The van der Waals surface area contributed by atoms with Crippen LogP contribution in [-0.2, 0) is 17.9 Å². The van der Waals surface area contributed by atoms with Crippen LogP contribution in [-0.4, -0.2) is 16.4 Å². The molecule has 1 aliphatic carbocycles. The van der Waals surface area contributed by atoms with Crippen LogP contribution in [0.15, 0.2) is 91.2 Å². The zero-order chi connectivity index (χ0) is 22.1. The van der Waals surface area contributed by atoms with E-state index in [1.165, 1.54) is 0 Å². The van der Waals surface area contributed by atoms with Crippen molar-refractivity contribution in [1.29, 1.82) is 0 Å². The van der Waals surface area contributed by atoms with E-state index in [1.54, 1.807) is 24.3 Å². The molecule has 0 bridgehead atoms. The highest BCUT2D eigenvalue weighted by Gasteiger charge is 2.30. The summed E-state index contributed by atoms with van der Waals surface area (Å²) in [7, 11) is 0. The Morgan fingerprint density at radius 2 is 1.75 bits per heavy atom. The van der Waals surface area contributed by atoms with Gasteiger partial charge in [0, 0.05) is 35.4 Å². The Hall–Kier alpha value is -3.86. The topological polar surface area (TPSA) is 54.3 Å². The molecule has 1 unspecified atom stereocenters. The van der Waals surface area contributed by atoms with Crippen LogP contribution in [0.4, 0.5) is 11.4 Å². The Labute approximate surface area is 187 Å². The van der Waals surface area contributed by atoms with Gasteiger partial charge in [0.25, 0.3) is 5.91 Å². The molecule has 0 saturated heterocycles. The van der Waals surface area contributed by atoms with Crippen molar-refractivity contribution in [2.75, 3.05) is 10.2 Å². The van der Waals surface area contributed by atoms with Crippen molar-refractivity contribution in [2.45, 2.75) is 26.4 Å². The van der Waals surface area contributed by atoms with E-state index < -0.39 is 5.41 Å². The average Bonchev–Trinajstić information content (AvgIpc) is 3.18. The Kier molecular flexibility index (Phi) is 5.02. The molecule has 5 heteroatoms. The summed E-state index contributed by atoms with van der Waals surface area (Å²) in [6, 6.07) is 19.3. The fourth-order valence-corrected chi connectivity index (χ4v) is 4.29. The summed E-state index contributed by atoms with van der Waals surface area (Å²) in [4.78, 5) is 28.1. The van der Waals surface area contributed by atoms with Crippen LogP contribution in [0.3, 0.4) is 0 Å². The number of hydrogen-bond acceptors (Lipinski definition) is 2. The first kappa shape index (κ1) is 20.1. The predicted molar refractivity (Wildman–Crippen MR) is 127 cm³/mol. The summed E-state index contributed by atoms with van der Waals surface area (Å²) in [5, 5.41) is 2.98. The van der Waals surface area contributed by atoms with E-state index in [4.69, 9.17) is 0 Å². The summed E-state index contributed by atoms with van der Waals surface area (Å²) in [5.74, 6) is -0.114. The average molecular weight is 424 g/mol. The molecule has 0 radical (unpaired) electrons. The molecule has 160 valence electrons. The van der Waals surface area contributed by atoms with E-state index >= 15 is 0 Å². The van der Waals surface area contributed by atoms with Crippen LogP contribution in [0, 0.1) is 5.41 Å². The zero-order valence-corrected chi connectivity index (χ0v) is 18.0. The van der Waals surface area contributed by atoms with E-state index in [-0.39, 0.29) is 11.8 Å². The number of fused-ring (bicyclic) bond motifs is 2. The van der Waals surface area contributed by atoms with Crippen LogP contribution < -0.4 is 10.2 Å². The molecular formula is C27H25N3O2. The van der Waals surface area contributed by atoms with Gasteiger partial charge in [-0.05, 0) is 61.4 Å². The minimum absolute atomic E-state index is 0.0561. The lowest BCUT2D eigenvalue weighted by Gasteiger charge is -2.25. The molecular weight excluding hydrogens is 398 g/mol. The number of hydrogen-bond donors (Lipinski definition) is 1. The molecule has 2 aliphatic rings. The molecule has 2 aromatic carbocycles. The lowest BCUT2D eigenvalue weighted by atomic mass is 9.83. The largest absolute Gasteiger partial charge is 0.345 e. The van der Waals surface area contributed by atoms with Crippen molar-refractivity contribution >= 4 is 23.2 Å². The van der Waals surface area contributed by atoms with Crippen molar-refractivity contribution in [1.82, 2.24) is 4.57 Å². The second-order valence-electron chi connectivity index (χ2n) is 8.59. The number of carbonyl (C=O) groups excluding carboxylic acids is 2. The number of amides is 2. The van der Waals surface area contributed by atoms with Crippen LogP contribution in [0.25, 0.3) is 0 Å². The van der Waals surface area contributed by atoms with E-state index in [9.17, 15) is 9.59 Å². The van der Waals surface area contributed by atoms with Gasteiger partial charge in [-0.25, -0.2) is 0 Å². The molecule has 0 fully saturated rings. The lowest BCUT2D eigenvalue weighted by molar-refractivity contribution is -0.122. The molecule has 1 aliphatic heterocycles. The first-order valence-corrected chi connectivity index (χ1v) is 10.8. The smallest absolute Gasteiger partial charge is 0.258 e. The van der Waals surface area contributed by atoms with Crippen LogP contribution >= 0.6 is 0 Å². The number of anilines is 2. The third-order valence-corrected chi connectivity index (χ3v) is 6.27. The summed E-state index contributed by atoms with van der Waals surface area (Å²) in [6.07, 6.45) is 10.5. The highest BCUT2D eigenvalue weighted by atomic mass is 16.2. The van der Waals surface area contributed by atoms with Gasteiger partial charge in [-0.2, -0.15) is 0 Å². The van der Waals surface area contributed by atoms with Gasteiger partial charge in [-0.1, -0.05) is 42.5 Å². The van der Waals surface area contributed by atoms with E-state index in [0.717, 1.165) is 23.5 Å². The molecule has 0 saturated carbocycles. The van der Waals surface area contributed by atoms with Crippen LogP contribution in [0.1, 0.15) is 35.0 Å². The fraction of sp³-hybridized carbons (Fsp3) is 0.185. The fourth-order valence-electron chi connectivity index (χ4n) is 4.29. The minimum atomic E-state index is -0.562. The highest BCUT2D eigenvalue weighted by Crippen LogP contribution is 2.31. The number of allylic oxidation sites excluding steroid dienone is 3. The molecule has 5 nitrogen and oxygen atoms in total. The first-order valence-electron chi connectivity index (χ1n) is 10.8. The summed E-state index contributed by atoms with van der Waals surface area (Å²) in [6.45, 7) is 3.18. The normalized spacial score (nSPS) is 19.1. The maximum absolute atomic E-state index is 13.5. The van der Waals surface area contributed by atoms with Gasteiger partial charge in [0.05, 0.1) is 12.0 Å². The molecule has 2 amide bonds. The molecule has 1 aromatic heterocycles. The van der Waals surface area contributed by atoms with E-state index in [2.05, 4.69) is 28.2 Å².